The number of hydrogen-bond donors (Lipinski definition) is 1. The predicted molar refractivity (Wildman–Crippen MR) is 37.4 cm³/mol. The summed E-state index contributed by atoms with van der Waals surface area (Å²) < 4.78 is 0. The average Bonchev–Trinajstić information content (AvgIpc) is 1.83. The van der Waals surface area contributed by atoms with Crippen molar-refractivity contribution in [3.05, 3.63) is 23.9 Å². The molecule has 1 heteroatoms. The minimum Gasteiger partial charge on any atom is -0.404 e. The highest BCUT2D eigenvalue weighted by Gasteiger charge is 1.80. The fourth-order valence-electron chi connectivity index (χ4n) is 0.505. The van der Waals surface area contributed by atoms with Gasteiger partial charge in [-0.15, -0.1) is 0 Å². The second kappa shape index (κ2) is 4.44. The van der Waals surface area contributed by atoms with Crippen LogP contribution in [-0.2, 0) is 0 Å². The second-order valence-electron chi connectivity index (χ2n) is 1.60. The van der Waals surface area contributed by atoms with Gasteiger partial charge in [-0.05, 0) is 25.1 Å². The van der Waals surface area contributed by atoms with Gasteiger partial charge in [-0.1, -0.05) is 19.1 Å². The SMILES string of the molecule is C/C=C\C(=C/N)CC. The van der Waals surface area contributed by atoms with Gasteiger partial charge in [0.2, 0.25) is 0 Å². The molecule has 0 heterocycles. The molecule has 0 saturated carbocycles. The van der Waals surface area contributed by atoms with E-state index in [1.165, 1.54) is 5.57 Å². The Labute approximate surface area is 50.9 Å². The van der Waals surface area contributed by atoms with Gasteiger partial charge in [-0.2, -0.15) is 0 Å². The lowest BCUT2D eigenvalue weighted by atomic mass is 10.2. The summed E-state index contributed by atoms with van der Waals surface area (Å²) in [6, 6.07) is 0. The van der Waals surface area contributed by atoms with Gasteiger partial charge in [-0.25, -0.2) is 0 Å². The summed E-state index contributed by atoms with van der Waals surface area (Å²) >= 11 is 0. The van der Waals surface area contributed by atoms with Crippen LogP contribution in [0.25, 0.3) is 0 Å². The van der Waals surface area contributed by atoms with Crippen LogP contribution in [-0.4, -0.2) is 0 Å². The molecule has 0 fully saturated rings. The van der Waals surface area contributed by atoms with Gasteiger partial charge in [-0.3, -0.25) is 0 Å². The maximum absolute atomic E-state index is 5.26. The monoisotopic (exact) mass is 111 g/mol. The van der Waals surface area contributed by atoms with Crippen LogP contribution in [0.15, 0.2) is 23.9 Å². The molecule has 0 aromatic carbocycles. The summed E-state index contributed by atoms with van der Waals surface area (Å²) in [5.41, 5.74) is 6.44. The van der Waals surface area contributed by atoms with E-state index in [2.05, 4.69) is 6.92 Å². The largest absolute Gasteiger partial charge is 0.404 e. The molecule has 0 amide bonds. The molecule has 0 atom stereocenters. The summed E-state index contributed by atoms with van der Waals surface area (Å²) in [6.45, 7) is 4.07. The van der Waals surface area contributed by atoms with Crippen molar-refractivity contribution >= 4 is 0 Å². The highest BCUT2D eigenvalue weighted by atomic mass is 14.5. The lowest BCUT2D eigenvalue weighted by Gasteiger charge is -1.89. The van der Waals surface area contributed by atoms with Crippen LogP contribution in [0.1, 0.15) is 20.3 Å². The van der Waals surface area contributed by atoms with Crippen molar-refractivity contribution < 1.29 is 0 Å². The molecule has 0 aliphatic heterocycles. The van der Waals surface area contributed by atoms with Crippen molar-refractivity contribution in [2.24, 2.45) is 5.73 Å². The van der Waals surface area contributed by atoms with Gasteiger partial charge in [0.05, 0.1) is 0 Å². The molecule has 0 aromatic heterocycles. The van der Waals surface area contributed by atoms with Crippen molar-refractivity contribution in [2.75, 3.05) is 0 Å². The van der Waals surface area contributed by atoms with E-state index >= 15 is 0 Å². The van der Waals surface area contributed by atoms with Crippen molar-refractivity contribution in [3.8, 4) is 0 Å². The maximum Gasteiger partial charge on any atom is -0.00299 e. The van der Waals surface area contributed by atoms with E-state index in [-0.39, 0.29) is 0 Å². The Hall–Kier alpha value is -0.720. The fraction of sp³-hybridized carbons (Fsp3) is 0.429. The van der Waals surface area contributed by atoms with Crippen molar-refractivity contribution in [2.45, 2.75) is 20.3 Å². The molecule has 46 valence electrons. The van der Waals surface area contributed by atoms with Crippen LogP contribution in [0.4, 0.5) is 0 Å². The summed E-state index contributed by atoms with van der Waals surface area (Å²) in [5.74, 6) is 0. The molecule has 2 N–H and O–H groups in total. The molecule has 0 aliphatic carbocycles. The second-order valence-corrected chi connectivity index (χ2v) is 1.60. The molecule has 0 aromatic rings. The highest BCUT2D eigenvalue weighted by Crippen LogP contribution is 1.98. The maximum atomic E-state index is 5.26. The van der Waals surface area contributed by atoms with Crippen LogP contribution in [0.3, 0.4) is 0 Å². The van der Waals surface area contributed by atoms with E-state index in [0.717, 1.165) is 6.42 Å². The molecule has 1 nitrogen and oxygen atoms in total. The molecule has 8 heavy (non-hydrogen) atoms. The van der Waals surface area contributed by atoms with Gasteiger partial charge in [0, 0.05) is 0 Å². The first-order chi connectivity index (χ1) is 3.85. The Morgan fingerprint density at radius 3 is 2.38 bits per heavy atom. The molecule has 0 spiro atoms. The van der Waals surface area contributed by atoms with Crippen LogP contribution >= 0.6 is 0 Å². The van der Waals surface area contributed by atoms with E-state index < -0.39 is 0 Å². The van der Waals surface area contributed by atoms with E-state index in [1.807, 2.05) is 19.1 Å². The van der Waals surface area contributed by atoms with Gasteiger partial charge < -0.3 is 5.73 Å². The van der Waals surface area contributed by atoms with Crippen LogP contribution in [0.2, 0.25) is 0 Å². The molecule has 0 radical (unpaired) electrons. The number of allylic oxidation sites excluding steroid dienone is 3. The highest BCUT2D eigenvalue weighted by molar-refractivity contribution is 5.15. The average molecular weight is 111 g/mol. The lowest BCUT2D eigenvalue weighted by Crippen LogP contribution is -1.82. The standard InChI is InChI=1S/C7H13N/c1-3-5-7(4-2)6-8/h3,5-6H,4,8H2,1-2H3/b5-3-,7-6-. The van der Waals surface area contributed by atoms with Crippen LogP contribution < -0.4 is 5.73 Å². The third-order valence-corrected chi connectivity index (χ3v) is 1.00. The Balaban J connectivity index is 3.72. The van der Waals surface area contributed by atoms with E-state index in [1.54, 1.807) is 6.20 Å². The number of nitrogens with two attached hydrogens (primary N) is 1. The molecular weight excluding hydrogens is 98.1 g/mol. The Morgan fingerprint density at radius 2 is 2.25 bits per heavy atom. The fourth-order valence-corrected chi connectivity index (χ4v) is 0.505. The topological polar surface area (TPSA) is 26.0 Å². The molecule has 0 aliphatic rings. The minimum atomic E-state index is 1.01. The van der Waals surface area contributed by atoms with Crippen LogP contribution in [0.5, 0.6) is 0 Å². The number of rotatable bonds is 2. The van der Waals surface area contributed by atoms with Crippen molar-refractivity contribution in [1.82, 2.24) is 0 Å². The molecular formula is C7H13N. The summed E-state index contributed by atoms with van der Waals surface area (Å²) in [6.07, 6.45) is 6.66. The Morgan fingerprint density at radius 1 is 1.62 bits per heavy atom. The third kappa shape index (κ3) is 2.45. The van der Waals surface area contributed by atoms with Crippen molar-refractivity contribution in [1.29, 1.82) is 0 Å². The van der Waals surface area contributed by atoms with E-state index in [4.69, 9.17) is 5.73 Å². The summed E-state index contributed by atoms with van der Waals surface area (Å²) in [5, 5.41) is 0. The smallest absolute Gasteiger partial charge is 0.00299 e. The zero-order valence-corrected chi connectivity index (χ0v) is 5.52. The van der Waals surface area contributed by atoms with Gasteiger partial charge >= 0.3 is 0 Å². The van der Waals surface area contributed by atoms with E-state index in [0.29, 0.717) is 0 Å². The Kier molecular flexibility index (Phi) is 4.04. The molecule has 0 unspecified atom stereocenters. The van der Waals surface area contributed by atoms with Gasteiger partial charge in [0.15, 0.2) is 0 Å². The van der Waals surface area contributed by atoms with Gasteiger partial charge in [0.25, 0.3) is 0 Å². The van der Waals surface area contributed by atoms with Gasteiger partial charge in [0.1, 0.15) is 0 Å². The predicted octanol–water partition coefficient (Wildman–Crippen LogP) is 1.82. The summed E-state index contributed by atoms with van der Waals surface area (Å²) in [7, 11) is 0. The first-order valence-corrected chi connectivity index (χ1v) is 2.88. The quantitative estimate of drug-likeness (QED) is 0.540. The molecule has 0 rings (SSSR count). The lowest BCUT2D eigenvalue weighted by molar-refractivity contribution is 1.13. The zero-order chi connectivity index (χ0) is 6.41. The van der Waals surface area contributed by atoms with E-state index in [9.17, 15) is 0 Å². The third-order valence-electron chi connectivity index (χ3n) is 1.00. The van der Waals surface area contributed by atoms with Crippen LogP contribution in [0, 0.1) is 0 Å². The zero-order valence-electron chi connectivity index (χ0n) is 5.52. The minimum absolute atomic E-state index is 1.01. The van der Waals surface area contributed by atoms with Crippen molar-refractivity contribution in [3.63, 3.8) is 0 Å². The molecule has 0 saturated heterocycles. The molecule has 0 bridgehead atoms. The normalized spacial score (nSPS) is 13.0. The first kappa shape index (κ1) is 7.28. The number of hydrogen-bond acceptors (Lipinski definition) is 1. The summed E-state index contributed by atoms with van der Waals surface area (Å²) in [4.78, 5) is 0. The first-order valence-electron chi connectivity index (χ1n) is 2.88. The Bertz CT molecular complexity index is 98.2.